The number of fused-ring (bicyclic) bond motifs is 2. The van der Waals surface area contributed by atoms with Crippen LogP contribution >= 0.6 is 0 Å². The number of amides is 1. The topological polar surface area (TPSA) is 108 Å². The summed E-state index contributed by atoms with van der Waals surface area (Å²) in [6.07, 6.45) is 5.89. The van der Waals surface area contributed by atoms with Gasteiger partial charge in [-0.1, -0.05) is 5.16 Å². The Morgan fingerprint density at radius 1 is 1.23 bits per heavy atom. The summed E-state index contributed by atoms with van der Waals surface area (Å²) in [6.45, 7) is 2.56. The molecule has 0 radical (unpaired) electrons. The van der Waals surface area contributed by atoms with Crippen LogP contribution in [0.3, 0.4) is 0 Å². The number of rotatable bonds is 11. The molecule has 31 heavy (non-hydrogen) atoms. The summed E-state index contributed by atoms with van der Waals surface area (Å²) in [7, 11) is 0.644. The summed E-state index contributed by atoms with van der Waals surface area (Å²) in [4.78, 5) is 14.7. The van der Waals surface area contributed by atoms with Crippen LogP contribution in [0.1, 0.15) is 67.1 Å². The highest BCUT2D eigenvalue weighted by atomic mass is 32.2. The molecule has 0 spiro atoms. The number of carbonyl (C=O) groups is 1. The highest BCUT2D eigenvalue weighted by Crippen LogP contribution is 2.40. The molecule has 4 rings (SSSR count). The van der Waals surface area contributed by atoms with Crippen molar-refractivity contribution in [2.24, 2.45) is 0 Å². The third kappa shape index (κ3) is 5.47. The zero-order valence-electron chi connectivity index (χ0n) is 18.5. The Kier molecular flexibility index (Phi) is 7.00. The molecule has 2 bridgehead atoms. The molecule has 9 nitrogen and oxygen atoms in total. The number of piperidine rings is 1. The van der Waals surface area contributed by atoms with E-state index in [0.717, 1.165) is 51.1 Å². The summed E-state index contributed by atoms with van der Waals surface area (Å²) < 4.78 is 33.1. The minimum Gasteiger partial charge on any atom is -0.360 e. The van der Waals surface area contributed by atoms with Crippen molar-refractivity contribution in [3.05, 3.63) is 17.5 Å². The summed E-state index contributed by atoms with van der Waals surface area (Å²) in [5.74, 6) is 1.18. The first-order valence-corrected chi connectivity index (χ1v) is 13.1. The summed E-state index contributed by atoms with van der Waals surface area (Å²) in [6, 6.07) is 1.69. The van der Waals surface area contributed by atoms with E-state index in [4.69, 9.17) is 4.52 Å². The maximum atomic E-state index is 13.1. The lowest BCUT2D eigenvalue weighted by Gasteiger charge is -2.38. The minimum absolute atomic E-state index is 0.0181. The van der Waals surface area contributed by atoms with E-state index in [0.29, 0.717) is 30.9 Å². The lowest BCUT2D eigenvalue weighted by Crippen LogP contribution is -2.53. The van der Waals surface area contributed by atoms with Gasteiger partial charge in [-0.05, 0) is 65.6 Å². The maximum absolute atomic E-state index is 13.1. The molecule has 10 heteroatoms. The van der Waals surface area contributed by atoms with Crippen LogP contribution in [0.5, 0.6) is 0 Å². The third-order valence-corrected chi connectivity index (χ3v) is 8.79. The van der Waals surface area contributed by atoms with Crippen molar-refractivity contribution in [2.45, 2.75) is 69.0 Å². The van der Waals surface area contributed by atoms with Crippen LogP contribution in [0.25, 0.3) is 0 Å². The van der Waals surface area contributed by atoms with Gasteiger partial charge in [0.25, 0.3) is 5.91 Å². The van der Waals surface area contributed by atoms with Crippen molar-refractivity contribution in [3.8, 4) is 0 Å². The molecule has 2 aliphatic heterocycles. The molecule has 1 amide bonds. The molecule has 1 aliphatic carbocycles. The fraction of sp³-hybridized carbons (Fsp3) is 0.810. The van der Waals surface area contributed by atoms with E-state index in [2.05, 4.69) is 20.7 Å². The van der Waals surface area contributed by atoms with Crippen LogP contribution in [0.4, 0.5) is 0 Å². The van der Waals surface area contributed by atoms with Gasteiger partial charge in [-0.3, -0.25) is 4.79 Å². The van der Waals surface area contributed by atoms with Crippen molar-refractivity contribution < 1.29 is 17.7 Å². The Morgan fingerprint density at radius 3 is 2.58 bits per heavy atom. The maximum Gasteiger partial charge on any atom is 0.273 e. The first kappa shape index (κ1) is 22.7. The van der Waals surface area contributed by atoms with E-state index in [9.17, 15) is 13.2 Å². The molecule has 0 aromatic carbocycles. The molecule has 2 N–H and O–H groups in total. The van der Waals surface area contributed by atoms with E-state index >= 15 is 0 Å². The van der Waals surface area contributed by atoms with Crippen LogP contribution in [-0.2, 0) is 10.0 Å². The number of aromatic nitrogens is 1. The van der Waals surface area contributed by atoms with Crippen LogP contribution in [0.15, 0.2) is 10.6 Å². The second-order valence-electron chi connectivity index (χ2n) is 9.32. The predicted molar refractivity (Wildman–Crippen MR) is 117 cm³/mol. The zero-order valence-corrected chi connectivity index (χ0v) is 19.4. The molecule has 1 unspecified atom stereocenters. The van der Waals surface area contributed by atoms with Crippen LogP contribution in [0, 0.1) is 0 Å². The fourth-order valence-electron chi connectivity index (χ4n) is 4.96. The van der Waals surface area contributed by atoms with Gasteiger partial charge < -0.3 is 20.1 Å². The Labute approximate surface area is 184 Å². The molecule has 2 saturated heterocycles. The number of nitrogens with one attached hydrogen (secondary N) is 2. The first-order valence-electron chi connectivity index (χ1n) is 11.5. The predicted octanol–water partition coefficient (Wildman–Crippen LogP) is 1.15. The number of nitrogens with zero attached hydrogens (tertiary/aromatic N) is 3. The fourth-order valence-corrected chi connectivity index (χ4v) is 6.95. The van der Waals surface area contributed by atoms with Crippen LogP contribution < -0.4 is 10.6 Å². The highest BCUT2D eigenvalue weighted by molar-refractivity contribution is 7.89. The van der Waals surface area contributed by atoms with Gasteiger partial charge in [0.05, 0.1) is 5.75 Å². The molecule has 3 heterocycles. The number of sulfonamides is 1. The Balaban J connectivity index is 1.28. The monoisotopic (exact) mass is 453 g/mol. The van der Waals surface area contributed by atoms with Crippen molar-refractivity contribution in [1.82, 2.24) is 25.0 Å². The standard InChI is InChI=1S/C21H35N5O4S/c1-22-8-10-25(2)9-3-11-31(28,29)26-17-6-7-18(26)13-16(12-17)23-21(27)19-14-20(30-24-19)15-4-5-15/h14-18,22H,3-13H2,1-2H3,(H,23,27)/t16?,17-,18+. The van der Waals surface area contributed by atoms with Gasteiger partial charge >= 0.3 is 0 Å². The SMILES string of the molecule is CNCCN(C)CCCS(=O)(=O)N1[C@@H]2CC[C@H]1CC(NC(=O)c1cc(C3CC3)on1)C2. The largest absolute Gasteiger partial charge is 0.360 e. The number of hydrogen-bond acceptors (Lipinski definition) is 7. The van der Waals surface area contributed by atoms with Gasteiger partial charge in [0.2, 0.25) is 10.0 Å². The van der Waals surface area contributed by atoms with E-state index in [-0.39, 0.29) is 29.8 Å². The Morgan fingerprint density at radius 2 is 1.94 bits per heavy atom. The molecular formula is C21H35N5O4S. The van der Waals surface area contributed by atoms with E-state index < -0.39 is 10.0 Å². The lowest BCUT2D eigenvalue weighted by atomic mass is 9.99. The van der Waals surface area contributed by atoms with Gasteiger partial charge in [0, 0.05) is 43.2 Å². The van der Waals surface area contributed by atoms with Crippen LogP contribution in [0.2, 0.25) is 0 Å². The number of likely N-dealkylation sites (N-methyl/N-ethyl adjacent to an activating group) is 2. The van der Waals surface area contributed by atoms with Gasteiger partial charge in [-0.2, -0.15) is 4.31 Å². The van der Waals surface area contributed by atoms with Gasteiger partial charge in [0.1, 0.15) is 5.76 Å². The second-order valence-corrected chi connectivity index (χ2v) is 11.3. The lowest BCUT2D eigenvalue weighted by molar-refractivity contribution is 0.0900. The minimum atomic E-state index is -3.29. The van der Waals surface area contributed by atoms with Crippen molar-refractivity contribution in [2.75, 3.05) is 39.5 Å². The molecule has 174 valence electrons. The van der Waals surface area contributed by atoms with Crippen LogP contribution in [-0.4, -0.2) is 86.3 Å². The first-order chi connectivity index (χ1) is 14.9. The smallest absolute Gasteiger partial charge is 0.273 e. The molecule has 3 fully saturated rings. The third-order valence-electron chi connectivity index (χ3n) is 6.75. The molecule has 3 aliphatic rings. The summed E-state index contributed by atoms with van der Waals surface area (Å²) in [5.41, 5.74) is 0.326. The molecule has 1 aromatic rings. The summed E-state index contributed by atoms with van der Waals surface area (Å²) >= 11 is 0. The van der Waals surface area contributed by atoms with Gasteiger partial charge in [-0.15, -0.1) is 0 Å². The molecule has 1 aromatic heterocycles. The van der Waals surface area contributed by atoms with Gasteiger partial charge in [0.15, 0.2) is 5.69 Å². The number of hydrogen-bond donors (Lipinski definition) is 2. The Hall–Kier alpha value is -1.49. The van der Waals surface area contributed by atoms with E-state index in [1.807, 2.05) is 14.1 Å². The van der Waals surface area contributed by atoms with E-state index in [1.165, 1.54) is 0 Å². The van der Waals surface area contributed by atoms with Gasteiger partial charge in [-0.25, -0.2) is 8.42 Å². The molecule has 3 atom stereocenters. The van der Waals surface area contributed by atoms with Crippen molar-refractivity contribution in [3.63, 3.8) is 0 Å². The second kappa shape index (κ2) is 9.56. The van der Waals surface area contributed by atoms with Crippen molar-refractivity contribution in [1.29, 1.82) is 0 Å². The average Bonchev–Trinajstić information content (AvgIpc) is 3.38. The highest BCUT2D eigenvalue weighted by Gasteiger charge is 2.46. The summed E-state index contributed by atoms with van der Waals surface area (Å²) in [5, 5.41) is 10.1. The van der Waals surface area contributed by atoms with E-state index in [1.54, 1.807) is 10.4 Å². The average molecular weight is 454 g/mol. The number of carbonyl (C=O) groups excluding carboxylic acids is 1. The Bertz CT molecular complexity index is 855. The quantitative estimate of drug-likeness (QED) is 0.517. The normalized spacial score (nSPS) is 26.5. The van der Waals surface area contributed by atoms with Crippen molar-refractivity contribution >= 4 is 15.9 Å². The molecular weight excluding hydrogens is 418 g/mol. The molecule has 1 saturated carbocycles. The zero-order chi connectivity index (χ0) is 22.0.